The van der Waals surface area contributed by atoms with E-state index in [4.69, 9.17) is 10.5 Å². The first-order valence-electron chi connectivity index (χ1n) is 5.52. The number of carbonyl (C=O) groups is 2. The largest absolute Gasteiger partial charge is 0.380 e. The van der Waals surface area contributed by atoms with Crippen LogP contribution in [0.5, 0.6) is 0 Å². The van der Waals surface area contributed by atoms with Crippen LogP contribution in [0, 0.1) is 0 Å². The number of nitrogens with two attached hydrogens (primary N) is 1. The molecule has 4 N–H and O–H groups in total. The van der Waals surface area contributed by atoms with E-state index in [0.717, 1.165) is 19.4 Å². The van der Waals surface area contributed by atoms with Crippen molar-refractivity contribution in [3.05, 3.63) is 0 Å². The van der Waals surface area contributed by atoms with Gasteiger partial charge < -0.3 is 21.1 Å². The molecule has 0 aromatic carbocycles. The minimum absolute atomic E-state index is 0.0367. The molecular weight excluding hydrogens is 210 g/mol. The third kappa shape index (κ3) is 9.42. The molecule has 0 aliphatic heterocycles. The Kier molecular flexibility index (Phi) is 9.64. The Morgan fingerprint density at radius 2 is 1.94 bits per heavy atom. The molecular formula is C10H21N3O3. The van der Waals surface area contributed by atoms with E-state index in [1.807, 2.05) is 0 Å². The molecule has 0 saturated heterocycles. The summed E-state index contributed by atoms with van der Waals surface area (Å²) in [4.78, 5) is 21.9. The van der Waals surface area contributed by atoms with Gasteiger partial charge in [0.25, 0.3) is 0 Å². The second kappa shape index (κ2) is 10.4. The zero-order valence-corrected chi connectivity index (χ0v) is 9.75. The maximum Gasteiger partial charge on any atom is 0.239 e. The van der Waals surface area contributed by atoms with Crippen LogP contribution in [0.15, 0.2) is 0 Å². The molecule has 0 fully saturated rings. The van der Waals surface area contributed by atoms with E-state index in [-0.39, 0.29) is 24.9 Å². The summed E-state index contributed by atoms with van der Waals surface area (Å²) in [6.45, 7) is 3.62. The number of rotatable bonds is 9. The Morgan fingerprint density at radius 1 is 1.19 bits per heavy atom. The van der Waals surface area contributed by atoms with Gasteiger partial charge in [-0.2, -0.15) is 0 Å². The number of hydrogen-bond donors (Lipinski definition) is 3. The number of ether oxygens (including phenoxy) is 1. The van der Waals surface area contributed by atoms with Crippen molar-refractivity contribution < 1.29 is 14.3 Å². The Morgan fingerprint density at radius 3 is 2.56 bits per heavy atom. The quantitative estimate of drug-likeness (QED) is 0.443. The second-order valence-electron chi connectivity index (χ2n) is 3.30. The van der Waals surface area contributed by atoms with Crippen LogP contribution in [0.25, 0.3) is 0 Å². The van der Waals surface area contributed by atoms with Gasteiger partial charge in [-0.25, -0.2) is 0 Å². The number of unbranched alkanes of at least 4 members (excludes halogenated alkanes) is 1. The molecule has 16 heavy (non-hydrogen) atoms. The van der Waals surface area contributed by atoms with Gasteiger partial charge in [0, 0.05) is 13.2 Å². The topological polar surface area (TPSA) is 93.5 Å². The molecule has 0 atom stereocenters. The summed E-state index contributed by atoms with van der Waals surface area (Å²) in [6.07, 6.45) is 2.12. The van der Waals surface area contributed by atoms with E-state index in [0.29, 0.717) is 13.2 Å². The zero-order valence-electron chi connectivity index (χ0n) is 9.75. The van der Waals surface area contributed by atoms with Crippen molar-refractivity contribution in [3.63, 3.8) is 0 Å². The van der Waals surface area contributed by atoms with Crippen LogP contribution >= 0.6 is 0 Å². The van der Waals surface area contributed by atoms with Crippen molar-refractivity contribution in [1.82, 2.24) is 10.6 Å². The molecule has 0 unspecified atom stereocenters. The maximum absolute atomic E-state index is 11.1. The minimum atomic E-state index is -0.339. The molecule has 0 aliphatic rings. The Bertz CT molecular complexity index is 209. The van der Waals surface area contributed by atoms with Crippen LogP contribution in [0.2, 0.25) is 0 Å². The second-order valence-corrected chi connectivity index (χ2v) is 3.30. The molecule has 2 amide bonds. The van der Waals surface area contributed by atoms with E-state index in [1.54, 1.807) is 0 Å². The van der Waals surface area contributed by atoms with Gasteiger partial charge in [0.15, 0.2) is 0 Å². The molecule has 6 nitrogen and oxygen atoms in total. The summed E-state index contributed by atoms with van der Waals surface area (Å²) >= 11 is 0. The fraction of sp³-hybridized carbons (Fsp3) is 0.800. The molecule has 0 aliphatic carbocycles. The van der Waals surface area contributed by atoms with Gasteiger partial charge in [0.2, 0.25) is 11.8 Å². The van der Waals surface area contributed by atoms with E-state index in [2.05, 4.69) is 17.6 Å². The van der Waals surface area contributed by atoms with Gasteiger partial charge in [-0.3, -0.25) is 9.59 Å². The van der Waals surface area contributed by atoms with Gasteiger partial charge in [-0.05, 0) is 6.42 Å². The first-order chi connectivity index (χ1) is 7.70. The first kappa shape index (κ1) is 14.9. The van der Waals surface area contributed by atoms with Crippen molar-refractivity contribution in [2.24, 2.45) is 5.73 Å². The first-order valence-corrected chi connectivity index (χ1v) is 5.52. The van der Waals surface area contributed by atoms with Crippen LogP contribution in [0.1, 0.15) is 19.8 Å². The van der Waals surface area contributed by atoms with E-state index in [1.165, 1.54) is 0 Å². The average molecular weight is 231 g/mol. The number of amides is 2. The highest BCUT2D eigenvalue weighted by atomic mass is 16.5. The van der Waals surface area contributed by atoms with E-state index < -0.39 is 0 Å². The Hall–Kier alpha value is -1.14. The molecule has 0 rings (SSSR count). The van der Waals surface area contributed by atoms with Crippen molar-refractivity contribution in [3.8, 4) is 0 Å². The van der Waals surface area contributed by atoms with Gasteiger partial charge in [0.1, 0.15) is 0 Å². The Balaban J connectivity index is 3.27. The summed E-state index contributed by atoms with van der Waals surface area (Å²) in [7, 11) is 0. The number of nitrogens with one attached hydrogen (secondary N) is 2. The highest BCUT2D eigenvalue weighted by molar-refractivity contribution is 5.85. The van der Waals surface area contributed by atoms with Crippen molar-refractivity contribution in [2.45, 2.75) is 19.8 Å². The number of hydrogen-bond acceptors (Lipinski definition) is 4. The third-order valence-corrected chi connectivity index (χ3v) is 1.84. The summed E-state index contributed by atoms with van der Waals surface area (Å²) in [5.74, 6) is -0.574. The summed E-state index contributed by atoms with van der Waals surface area (Å²) in [6, 6.07) is 0. The lowest BCUT2D eigenvalue weighted by molar-refractivity contribution is -0.125. The molecule has 0 radical (unpaired) electrons. The molecule has 0 saturated carbocycles. The summed E-state index contributed by atoms with van der Waals surface area (Å²) < 4.78 is 5.25. The normalized spacial score (nSPS) is 9.88. The molecule has 0 heterocycles. The third-order valence-electron chi connectivity index (χ3n) is 1.84. The van der Waals surface area contributed by atoms with Crippen molar-refractivity contribution in [2.75, 3.05) is 32.8 Å². The number of carbonyl (C=O) groups excluding carboxylic acids is 2. The molecule has 0 spiro atoms. The maximum atomic E-state index is 11.1. The molecule has 94 valence electrons. The van der Waals surface area contributed by atoms with Gasteiger partial charge in [-0.1, -0.05) is 13.3 Å². The lowest BCUT2D eigenvalue weighted by atomic mass is 10.4. The van der Waals surface area contributed by atoms with E-state index >= 15 is 0 Å². The minimum Gasteiger partial charge on any atom is -0.380 e. The van der Waals surface area contributed by atoms with Crippen LogP contribution in [-0.2, 0) is 14.3 Å². The van der Waals surface area contributed by atoms with Crippen LogP contribution < -0.4 is 16.4 Å². The van der Waals surface area contributed by atoms with Crippen molar-refractivity contribution >= 4 is 11.8 Å². The van der Waals surface area contributed by atoms with E-state index in [9.17, 15) is 9.59 Å². The summed E-state index contributed by atoms with van der Waals surface area (Å²) in [5.41, 5.74) is 5.06. The van der Waals surface area contributed by atoms with Gasteiger partial charge in [-0.15, -0.1) is 0 Å². The average Bonchev–Trinajstić information content (AvgIpc) is 2.30. The predicted molar refractivity (Wildman–Crippen MR) is 60.8 cm³/mol. The monoisotopic (exact) mass is 231 g/mol. The smallest absolute Gasteiger partial charge is 0.239 e. The summed E-state index contributed by atoms with van der Waals surface area (Å²) in [5, 5.41) is 5.00. The standard InChI is InChI=1S/C10H21N3O3/c1-2-3-5-16-6-4-12-10(15)8-13-9(14)7-11/h2-8,11H2,1H3,(H,12,15)(H,13,14). The molecule has 6 heteroatoms. The highest BCUT2D eigenvalue weighted by Crippen LogP contribution is 1.86. The molecule has 0 aromatic heterocycles. The fourth-order valence-corrected chi connectivity index (χ4v) is 0.925. The zero-order chi connectivity index (χ0) is 12.2. The predicted octanol–water partition coefficient (Wildman–Crippen LogP) is -1.01. The van der Waals surface area contributed by atoms with Crippen molar-refractivity contribution in [1.29, 1.82) is 0 Å². The van der Waals surface area contributed by atoms with Crippen LogP contribution in [0.3, 0.4) is 0 Å². The molecule has 0 bridgehead atoms. The lowest BCUT2D eigenvalue weighted by Crippen LogP contribution is -2.40. The fourth-order valence-electron chi connectivity index (χ4n) is 0.925. The Labute approximate surface area is 95.9 Å². The highest BCUT2D eigenvalue weighted by Gasteiger charge is 2.02. The van der Waals surface area contributed by atoms with Gasteiger partial charge >= 0.3 is 0 Å². The SMILES string of the molecule is CCCCOCCNC(=O)CNC(=O)CN. The lowest BCUT2D eigenvalue weighted by Gasteiger charge is -2.06. The van der Waals surface area contributed by atoms with Crippen LogP contribution in [-0.4, -0.2) is 44.7 Å². The van der Waals surface area contributed by atoms with Gasteiger partial charge in [0.05, 0.1) is 19.7 Å². The van der Waals surface area contributed by atoms with Crippen LogP contribution in [0.4, 0.5) is 0 Å². The molecule has 0 aromatic rings.